The van der Waals surface area contributed by atoms with Crippen LogP contribution in [-0.2, 0) is 37.4 Å². The maximum absolute atomic E-state index is 11.1. The first-order valence-electron chi connectivity index (χ1n) is 3.45. The first-order valence-corrected chi connectivity index (χ1v) is 6.03. The Bertz CT molecular complexity index is 319. The number of ether oxygens (including phenoxy) is 1. The number of hydrogen-bond donors (Lipinski definition) is 0. The third-order valence-electron chi connectivity index (χ3n) is 1.19. The fraction of sp³-hybridized carbons (Fsp3) is 0.800. The lowest BCUT2D eigenvalue weighted by atomic mass is 10.7. The largest absolute Gasteiger partial charge is 0.554 e. The Labute approximate surface area is 87.6 Å². The summed E-state index contributed by atoms with van der Waals surface area (Å²) in [7, 11) is -4.23. The molecule has 0 saturated heterocycles. The van der Waals surface area contributed by atoms with Crippen molar-refractivity contribution >= 4 is 24.4 Å². The van der Waals surface area contributed by atoms with Gasteiger partial charge in [-0.2, -0.15) is 12.6 Å². The molecule has 15 heavy (non-hydrogen) atoms. The minimum atomic E-state index is -4.39. The summed E-state index contributed by atoms with van der Waals surface area (Å²) in [6.07, 6.45) is 0. The predicted molar refractivity (Wildman–Crippen MR) is 47.4 cm³/mol. The molecule has 0 amide bonds. The molecule has 0 fully saturated rings. The second-order valence-corrected chi connectivity index (χ2v) is 4.76. The van der Waals surface area contributed by atoms with Crippen LogP contribution in [0.1, 0.15) is 0 Å². The number of carbonyl (C=O) groups is 1. The van der Waals surface area contributed by atoms with Crippen LogP contribution < -0.4 is 0 Å². The highest BCUT2D eigenvalue weighted by Crippen LogP contribution is 2.31. The zero-order valence-electron chi connectivity index (χ0n) is 8.20. The molecular formula is C5H10O8PS+. The first kappa shape index (κ1) is 14.4. The highest BCUT2D eigenvalue weighted by molar-refractivity contribution is 7.82. The van der Waals surface area contributed by atoms with Crippen molar-refractivity contribution < 1.29 is 35.4 Å². The minimum absolute atomic E-state index is 0.823. The summed E-state index contributed by atoms with van der Waals surface area (Å²) >= 11 is 0. The van der Waals surface area contributed by atoms with Crippen LogP contribution in [0.15, 0.2) is 0 Å². The van der Waals surface area contributed by atoms with Crippen LogP contribution in [0, 0.1) is 0 Å². The topological polar surface area (TPSA) is 105 Å². The van der Waals surface area contributed by atoms with E-state index < -0.39 is 30.2 Å². The molecule has 0 heterocycles. The van der Waals surface area contributed by atoms with Crippen molar-refractivity contribution in [2.75, 3.05) is 21.3 Å². The van der Waals surface area contributed by atoms with Crippen LogP contribution in [0.4, 0.5) is 0 Å². The van der Waals surface area contributed by atoms with Gasteiger partial charge in [-0.25, -0.2) is 4.79 Å². The van der Waals surface area contributed by atoms with Gasteiger partial charge < -0.3 is 4.74 Å². The highest BCUT2D eigenvalue weighted by atomic mass is 32.3. The first-order chi connectivity index (χ1) is 6.87. The molecule has 10 heteroatoms. The lowest BCUT2D eigenvalue weighted by Crippen LogP contribution is -2.26. The van der Waals surface area contributed by atoms with E-state index in [0.29, 0.717) is 0 Å². The van der Waals surface area contributed by atoms with Crippen molar-refractivity contribution in [3.8, 4) is 0 Å². The van der Waals surface area contributed by atoms with Crippen LogP contribution in [0.5, 0.6) is 0 Å². The van der Waals surface area contributed by atoms with E-state index in [0.717, 1.165) is 21.3 Å². The SMILES string of the molecule is COC(=O)C(OS(=O)(=O)OC)[P+](=O)OC. The van der Waals surface area contributed by atoms with Crippen molar-refractivity contribution in [1.29, 1.82) is 0 Å². The minimum Gasteiger partial charge on any atom is -0.464 e. The van der Waals surface area contributed by atoms with Crippen LogP contribution >= 0.6 is 8.03 Å². The lowest BCUT2D eigenvalue weighted by molar-refractivity contribution is -0.145. The summed E-state index contributed by atoms with van der Waals surface area (Å²) < 4.78 is 49.3. The maximum Gasteiger partial charge on any atom is 0.554 e. The second-order valence-electron chi connectivity index (χ2n) is 2.01. The lowest BCUT2D eigenvalue weighted by Gasteiger charge is -2.04. The molecule has 0 aromatic rings. The molecule has 0 radical (unpaired) electrons. The van der Waals surface area contributed by atoms with Gasteiger partial charge in [-0.15, -0.1) is 4.52 Å². The van der Waals surface area contributed by atoms with Gasteiger partial charge in [-0.3, -0.25) is 4.18 Å². The zero-order chi connectivity index (χ0) is 12.1. The Morgan fingerprint density at radius 3 is 2.13 bits per heavy atom. The van der Waals surface area contributed by atoms with Crippen LogP contribution in [0.3, 0.4) is 0 Å². The molecule has 0 spiro atoms. The average molecular weight is 261 g/mol. The van der Waals surface area contributed by atoms with E-state index in [2.05, 4.69) is 17.6 Å². The standard InChI is InChI=1S/C5H10O8PS/c1-10-4(6)5(14(7)11-2)13-15(8,9)12-3/h5H,1-3H3/q+1. The Balaban J connectivity index is 4.82. The highest BCUT2D eigenvalue weighted by Gasteiger charge is 2.45. The van der Waals surface area contributed by atoms with E-state index in [9.17, 15) is 17.8 Å². The molecule has 0 aliphatic carbocycles. The molecule has 8 nitrogen and oxygen atoms in total. The molecule has 0 bridgehead atoms. The second kappa shape index (κ2) is 6.09. The number of hydrogen-bond acceptors (Lipinski definition) is 8. The smallest absolute Gasteiger partial charge is 0.464 e. The van der Waals surface area contributed by atoms with Crippen LogP contribution in [0.25, 0.3) is 0 Å². The van der Waals surface area contributed by atoms with Crippen LogP contribution in [0.2, 0.25) is 0 Å². The van der Waals surface area contributed by atoms with E-state index in [1.807, 2.05) is 0 Å². The molecule has 0 rings (SSSR count). The normalized spacial score (nSPS) is 14.5. The molecule has 0 aliphatic rings. The molecule has 0 aromatic carbocycles. The van der Waals surface area contributed by atoms with E-state index >= 15 is 0 Å². The number of rotatable bonds is 6. The third kappa shape index (κ3) is 4.63. The average Bonchev–Trinajstić information content (AvgIpc) is 2.23. The molecule has 0 aromatic heterocycles. The van der Waals surface area contributed by atoms with Crippen molar-refractivity contribution in [2.45, 2.75) is 5.85 Å². The Morgan fingerprint density at radius 2 is 1.80 bits per heavy atom. The van der Waals surface area contributed by atoms with Gasteiger partial charge in [0.05, 0.1) is 21.3 Å². The Kier molecular flexibility index (Phi) is 5.84. The number of methoxy groups -OCH3 is 1. The molecule has 2 unspecified atom stereocenters. The predicted octanol–water partition coefficient (Wildman–Crippen LogP) is -0.218. The van der Waals surface area contributed by atoms with Gasteiger partial charge in [-0.1, -0.05) is 0 Å². The number of carbonyl (C=O) groups excluding carboxylic acids is 1. The van der Waals surface area contributed by atoms with E-state index in [1.165, 1.54) is 0 Å². The molecule has 2 atom stereocenters. The van der Waals surface area contributed by atoms with E-state index in [4.69, 9.17) is 0 Å². The molecule has 88 valence electrons. The third-order valence-corrected chi connectivity index (χ3v) is 3.23. The Morgan fingerprint density at radius 1 is 1.27 bits per heavy atom. The van der Waals surface area contributed by atoms with Crippen molar-refractivity contribution in [2.24, 2.45) is 0 Å². The molecule has 0 N–H and O–H groups in total. The zero-order valence-corrected chi connectivity index (χ0v) is 9.91. The summed E-state index contributed by atoms with van der Waals surface area (Å²) in [5.41, 5.74) is 0. The van der Waals surface area contributed by atoms with Gasteiger partial charge >= 0.3 is 30.2 Å². The quantitative estimate of drug-likeness (QED) is 0.477. The summed E-state index contributed by atoms with van der Waals surface area (Å²) in [5.74, 6) is -3.02. The number of esters is 1. The van der Waals surface area contributed by atoms with Crippen molar-refractivity contribution in [1.82, 2.24) is 0 Å². The van der Waals surface area contributed by atoms with Gasteiger partial charge in [-0.05, 0) is 4.57 Å². The van der Waals surface area contributed by atoms with E-state index in [-0.39, 0.29) is 0 Å². The summed E-state index contributed by atoms with van der Waals surface area (Å²) in [6, 6.07) is 0. The molecule has 0 aliphatic heterocycles. The van der Waals surface area contributed by atoms with Gasteiger partial charge in [0, 0.05) is 0 Å². The van der Waals surface area contributed by atoms with Crippen molar-refractivity contribution in [3.63, 3.8) is 0 Å². The van der Waals surface area contributed by atoms with Gasteiger partial charge in [0.15, 0.2) is 0 Å². The van der Waals surface area contributed by atoms with Crippen LogP contribution in [-0.4, -0.2) is 41.6 Å². The molecular weight excluding hydrogens is 251 g/mol. The summed E-state index contributed by atoms with van der Waals surface area (Å²) in [4.78, 5) is 11.0. The van der Waals surface area contributed by atoms with Gasteiger partial charge in [0.25, 0.3) is 0 Å². The van der Waals surface area contributed by atoms with E-state index in [1.54, 1.807) is 0 Å². The summed E-state index contributed by atoms with van der Waals surface area (Å²) in [6.45, 7) is 0. The monoisotopic (exact) mass is 261 g/mol. The fourth-order valence-corrected chi connectivity index (χ4v) is 1.95. The van der Waals surface area contributed by atoms with Crippen molar-refractivity contribution in [3.05, 3.63) is 0 Å². The van der Waals surface area contributed by atoms with Gasteiger partial charge in [0.2, 0.25) is 0 Å². The summed E-state index contributed by atoms with van der Waals surface area (Å²) in [5, 5.41) is 0. The van der Waals surface area contributed by atoms with Gasteiger partial charge in [0.1, 0.15) is 0 Å². The maximum atomic E-state index is 11.1. The molecule has 0 saturated carbocycles. The Hall–Kier alpha value is -0.600. The fourth-order valence-electron chi connectivity index (χ4n) is 0.508.